The number of methoxy groups -OCH3 is 1. The molecule has 0 bridgehead atoms. The molecule has 174 valence electrons. The van der Waals surface area contributed by atoms with Crippen molar-refractivity contribution < 1.29 is 27.1 Å². The van der Waals surface area contributed by atoms with Gasteiger partial charge in [-0.05, 0) is 23.8 Å². The zero-order chi connectivity index (χ0) is 23.2. The Morgan fingerprint density at radius 2 is 1.88 bits per heavy atom. The molecular weight excluding hydrogens is 459 g/mol. The molecule has 2 aromatic rings. The van der Waals surface area contributed by atoms with Crippen molar-refractivity contribution in [3.63, 3.8) is 0 Å². The van der Waals surface area contributed by atoms with Crippen molar-refractivity contribution in [1.82, 2.24) is 9.21 Å². The van der Waals surface area contributed by atoms with Crippen LogP contribution in [0.1, 0.15) is 22.3 Å². The number of benzene rings is 2. The van der Waals surface area contributed by atoms with E-state index in [2.05, 4.69) is 9.46 Å². The van der Waals surface area contributed by atoms with Crippen LogP contribution in [-0.4, -0.2) is 60.1 Å². The number of nitrogens with one attached hydrogen (secondary N) is 1. The summed E-state index contributed by atoms with van der Waals surface area (Å²) in [5.41, 5.74) is 1.99. The lowest BCUT2D eigenvalue weighted by atomic mass is 10.1. The summed E-state index contributed by atoms with van der Waals surface area (Å²) in [7, 11) is -2.20. The highest BCUT2D eigenvalue weighted by Gasteiger charge is 2.33. The molecule has 1 fully saturated rings. The van der Waals surface area contributed by atoms with Crippen LogP contribution in [0.3, 0.4) is 0 Å². The van der Waals surface area contributed by atoms with Gasteiger partial charge >= 0.3 is 5.97 Å². The monoisotopic (exact) mass is 485 g/mol. The molecule has 0 amide bonds. The first-order valence-corrected chi connectivity index (χ1v) is 12.3. The van der Waals surface area contributed by atoms with Gasteiger partial charge in [0.25, 0.3) is 0 Å². The van der Waals surface area contributed by atoms with Gasteiger partial charge in [0.15, 0.2) is 0 Å². The molecule has 0 aromatic heterocycles. The summed E-state index contributed by atoms with van der Waals surface area (Å²) in [6, 6.07) is 11.2. The van der Waals surface area contributed by atoms with Gasteiger partial charge in [-0.2, -0.15) is 0 Å². The van der Waals surface area contributed by atoms with Gasteiger partial charge in [0.05, 0.1) is 43.2 Å². The maximum Gasteiger partial charge on any atom is 0.337 e. The van der Waals surface area contributed by atoms with Gasteiger partial charge in [-0.25, -0.2) is 22.3 Å². The first-order valence-electron chi connectivity index (χ1n) is 10.3. The number of morpholine rings is 1. The van der Waals surface area contributed by atoms with Crippen molar-refractivity contribution in [2.75, 3.05) is 45.7 Å². The third-order valence-corrected chi connectivity index (χ3v) is 7.35. The molecule has 1 N–H and O–H groups in total. The van der Waals surface area contributed by atoms with E-state index in [9.17, 15) is 17.6 Å². The van der Waals surface area contributed by atoms with E-state index in [0.717, 1.165) is 11.3 Å². The molecule has 1 saturated heterocycles. The van der Waals surface area contributed by atoms with Crippen molar-refractivity contribution in [2.45, 2.75) is 13.0 Å². The average Bonchev–Trinajstić information content (AvgIpc) is 2.80. The Kier molecular flexibility index (Phi) is 8.24. The third-order valence-electron chi connectivity index (χ3n) is 5.65. The van der Waals surface area contributed by atoms with Crippen molar-refractivity contribution >= 4 is 33.3 Å². The van der Waals surface area contributed by atoms with Gasteiger partial charge in [-0.15, -0.1) is 0 Å². The fourth-order valence-electron chi connectivity index (χ4n) is 3.78. The van der Waals surface area contributed by atoms with Gasteiger partial charge in [0, 0.05) is 25.1 Å². The second-order valence-electron chi connectivity index (χ2n) is 7.71. The molecule has 1 aliphatic heterocycles. The second-order valence-corrected chi connectivity index (χ2v) is 10.0. The summed E-state index contributed by atoms with van der Waals surface area (Å²) >= 11 is 5.99. The summed E-state index contributed by atoms with van der Waals surface area (Å²) in [6.45, 7) is 3.12. The Labute approximate surface area is 192 Å². The van der Waals surface area contributed by atoms with E-state index in [1.165, 1.54) is 13.2 Å². The van der Waals surface area contributed by atoms with Crippen LogP contribution in [0.2, 0.25) is 5.02 Å². The molecule has 0 spiro atoms. The molecule has 0 radical (unpaired) electrons. The lowest BCUT2D eigenvalue weighted by Gasteiger charge is -2.41. The highest BCUT2D eigenvalue weighted by molar-refractivity contribution is 7.89. The average molecular weight is 486 g/mol. The lowest BCUT2D eigenvalue weighted by molar-refractivity contribution is 0.0408. The number of hydrogen-bond donors (Lipinski definition) is 1. The van der Waals surface area contributed by atoms with E-state index in [0.29, 0.717) is 49.3 Å². The Morgan fingerprint density at radius 3 is 2.50 bits per heavy atom. The summed E-state index contributed by atoms with van der Waals surface area (Å²) in [5.74, 6) is -0.962. The summed E-state index contributed by atoms with van der Waals surface area (Å²) in [4.78, 5) is 11.5. The van der Waals surface area contributed by atoms with Crippen LogP contribution >= 0.6 is 11.6 Å². The normalized spacial score (nSPS) is 16.0. The maximum absolute atomic E-state index is 13.6. The second kappa shape index (κ2) is 10.7. The van der Waals surface area contributed by atoms with Crippen molar-refractivity contribution in [1.29, 1.82) is 0 Å². The largest absolute Gasteiger partial charge is 0.465 e. The summed E-state index contributed by atoms with van der Waals surface area (Å²) < 4.78 is 51.9. The van der Waals surface area contributed by atoms with Gasteiger partial charge in [0.1, 0.15) is 24.6 Å². The minimum absolute atomic E-state index is 0.0387. The fourth-order valence-corrected chi connectivity index (χ4v) is 5.00. The van der Waals surface area contributed by atoms with Gasteiger partial charge in [-0.1, -0.05) is 23.7 Å². The van der Waals surface area contributed by atoms with E-state index in [1.54, 1.807) is 36.4 Å². The molecule has 7 nitrogen and oxygen atoms in total. The van der Waals surface area contributed by atoms with E-state index < -0.39 is 21.8 Å². The zero-order valence-corrected chi connectivity index (χ0v) is 19.4. The number of quaternary nitrogens is 1. The number of hydrogen-bond acceptors (Lipinski definition) is 5. The fraction of sp³-hybridized carbons (Fsp3) is 0.409. The number of halogens is 2. The van der Waals surface area contributed by atoms with Crippen molar-refractivity contribution in [3.8, 4) is 0 Å². The van der Waals surface area contributed by atoms with Gasteiger partial charge in [0.2, 0.25) is 10.0 Å². The Balaban J connectivity index is 1.59. The molecule has 3 rings (SSSR count). The number of ether oxygens (including phenoxy) is 2. The van der Waals surface area contributed by atoms with Crippen LogP contribution in [0.5, 0.6) is 0 Å². The van der Waals surface area contributed by atoms with E-state index >= 15 is 0 Å². The van der Waals surface area contributed by atoms with Crippen LogP contribution in [0.15, 0.2) is 42.5 Å². The Morgan fingerprint density at radius 1 is 1.19 bits per heavy atom. The first kappa shape index (κ1) is 24.6. The number of rotatable bonds is 9. The van der Waals surface area contributed by atoms with Crippen molar-refractivity contribution in [2.24, 2.45) is 0 Å². The van der Waals surface area contributed by atoms with Crippen molar-refractivity contribution in [3.05, 3.63) is 64.4 Å². The van der Waals surface area contributed by atoms with Crippen LogP contribution in [0, 0.1) is 5.82 Å². The standard InChI is InChI=1S/C22H27ClFN2O5S/c1-30-22(27)18-5-3-17(4-6-18)16-25-32(28,29)14-2-9-26(10-12-31-13-11-26)19-7-8-21(24)20(23)15-19/h3-8,15,25H,2,9-14,16H2,1H3/q+1. The highest BCUT2D eigenvalue weighted by atomic mass is 35.5. The van der Waals surface area contributed by atoms with Gasteiger partial charge in [-0.3, -0.25) is 4.48 Å². The van der Waals surface area contributed by atoms with E-state index in [4.69, 9.17) is 16.3 Å². The smallest absolute Gasteiger partial charge is 0.337 e. The Bertz CT molecular complexity index is 1040. The SMILES string of the molecule is COC(=O)c1ccc(CNS(=O)(=O)CCC[N+]2(c3ccc(F)c(Cl)c3)CCOCC2)cc1. The zero-order valence-electron chi connectivity index (χ0n) is 17.9. The maximum atomic E-state index is 13.6. The molecule has 0 atom stereocenters. The van der Waals surface area contributed by atoms with Crippen LogP contribution in [0.25, 0.3) is 0 Å². The minimum Gasteiger partial charge on any atom is -0.465 e. The number of esters is 1. The minimum atomic E-state index is -3.50. The predicted octanol–water partition coefficient (Wildman–Crippen LogP) is 3.11. The molecule has 1 heterocycles. The summed E-state index contributed by atoms with van der Waals surface area (Å²) in [6.07, 6.45) is 0.422. The number of carbonyl (C=O) groups excluding carboxylic acids is 1. The topological polar surface area (TPSA) is 81.7 Å². The third kappa shape index (κ3) is 6.26. The number of nitrogens with zero attached hydrogens (tertiary/aromatic N) is 1. The summed E-state index contributed by atoms with van der Waals surface area (Å²) in [5, 5.41) is 0.0546. The van der Waals surface area contributed by atoms with Crippen LogP contribution in [-0.2, 0) is 26.0 Å². The molecule has 2 aromatic carbocycles. The van der Waals surface area contributed by atoms with Gasteiger partial charge < -0.3 is 9.47 Å². The quantitative estimate of drug-likeness (QED) is 0.436. The van der Waals surface area contributed by atoms with E-state index in [1.807, 2.05) is 0 Å². The molecule has 0 unspecified atom stereocenters. The number of carbonyl (C=O) groups is 1. The van der Waals surface area contributed by atoms with E-state index in [-0.39, 0.29) is 17.3 Å². The molecule has 0 saturated carbocycles. The first-order chi connectivity index (χ1) is 15.2. The number of sulfonamides is 1. The predicted molar refractivity (Wildman–Crippen MR) is 122 cm³/mol. The lowest BCUT2D eigenvalue weighted by Crippen LogP contribution is -2.57. The highest BCUT2D eigenvalue weighted by Crippen LogP contribution is 2.29. The molecule has 10 heteroatoms. The van der Waals surface area contributed by atoms with Crippen LogP contribution < -0.4 is 9.21 Å². The van der Waals surface area contributed by atoms with Crippen LogP contribution in [0.4, 0.5) is 10.1 Å². The Hall–Kier alpha value is -2.04. The molecule has 0 aliphatic carbocycles. The molecule has 1 aliphatic rings. The molecular formula is C22H27ClFN2O5S+. The molecule has 32 heavy (non-hydrogen) atoms.